The normalized spacial score (nSPS) is 16.6. The number of amides is 3. The van der Waals surface area contributed by atoms with Crippen molar-refractivity contribution in [2.45, 2.75) is 44.6 Å². The van der Waals surface area contributed by atoms with E-state index in [1.165, 1.54) is 0 Å². The quantitative estimate of drug-likeness (QED) is 0.308. The molecule has 0 radical (unpaired) electrons. The van der Waals surface area contributed by atoms with Gasteiger partial charge in [0.05, 0.1) is 0 Å². The summed E-state index contributed by atoms with van der Waals surface area (Å²) >= 11 is 0. The van der Waals surface area contributed by atoms with Gasteiger partial charge in [0, 0.05) is 13.0 Å². The van der Waals surface area contributed by atoms with E-state index in [-0.39, 0.29) is 13.0 Å². The zero-order valence-corrected chi connectivity index (χ0v) is 11.4. The summed E-state index contributed by atoms with van der Waals surface area (Å²) < 4.78 is 0. The van der Waals surface area contributed by atoms with Crippen molar-refractivity contribution in [3.05, 3.63) is 0 Å². The number of hydrogen-bond acceptors (Lipinski definition) is 4. The Kier molecular flexibility index (Phi) is 6.78. The highest BCUT2D eigenvalue weighted by atomic mass is 16.4. The van der Waals surface area contributed by atoms with Gasteiger partial charge in [0.25, 0.3) is 5.91 Å². The van der Waals surface area contributed by atoms with Crippen LogP contribution in [0.15, 0.2) is 0 Å². The average Bonchev–Trinajstić information content (AvgIpc) is 2.85. The van der Waals surface area contributed by atoms with Crippen molar-refractivity contribution in [3.63, 3.8) is 0 Å². The Morgan fingerprint density at radius 1 is 1.25 bits per heavy atom. The second-order valence-electron chi connectivity index (χ2n) is 5.02. The van der Waals surface area contributed by atoms with E-state index in [0.717, 1.165) is 25.7 Å². The number of nitrogens with one attached hydrogen (secondary N) is 3. The van der Waals surface area contributed by atoms with Crippen LogP contribution in [0.3, 0.4) is 0 Å². The van der Waals surface area contributed by atoms with Crippen LogP contribution in [-0.2, 0) is 9.59 Å². The third kappa shape index (κ3) is 6.37. The summed E-state index contributed by atoms with van der Waals surface area (Å²) in [6.45, 7) is 0.213. The molecule has 0 aromatic rings. The lowest BCUT2D eigenvalue weighted by Crippen LogP contribution is -2.51. The molecule has 0 spiro atoms. The van der Waals surface area contributed by atoms with Crippen LogP contribution >= 0.6 is 0 Å². The number of nitrogens with two attached hydrogens (primary N) is 1. The van der Waals surface area contributed by atoms with Crippen molar-refractivity contribution in [1.82, 2.24) is 16.2 Å². The minimum atomic E-state index is -1.22. The number of carboxylic acid groups (broad SMARTS) is 1. The Labute approximate surface area is 117 Å². The maximum absolute atomic E-state index is 11.9. The van der Waals surface area contributed by atoms with Gasteiger partial charge in [-0.1, -0.05) is 25.7 Å². The lowest BCUT2D eigenvalue weighted by molar-refractivity contribution is -0.125. The van der Waals surface area contributed by atoms with Crippen LogP contribution < -0.4 is 21.9 Å². The molecule has 6 N–H and O–H groups in total. The van der Waals surface area contributed by atoms with E-state index in [0.29, 0.717) is 12.3 Å². The van der Waals surface area contributed by atoms with E-state index in [9.17, 15) is 14.4 Å². The second-order valence-corrected chi connectivity index (χ2v) is 5.02. The van der Waals surface area contributed by atoms with Crippen molar-refractivity contribution >= 4 is 17.9 Å². The molecule has 1 fully saturated rings. The van der Waals surface area contributed by atoms with Crippen molar-refractivity contribution < 1.29 is 19.5 Å². The summed E-state index contributed by atoms with van der Waals surface area (Å²) in [6, 6.07) is -0.781. The number of carbonyl (C=O) groups is 3. The van der Waals surface area contributed by atoms with Crippen LogP contribution in [0, 0.1) is 5.92 Å². The van der Waals surface area contributed by atoms with Crippen LogP contribution in [0.1, 0.15) is 38.5 Å². The maximum atomic E-state index is 11.9. The Balaban J connectivity index is 2.38. The molecule has 1 atom stereocenters. The highest BCUT2D eigenvalue weighted by Gasteiger charge is 2.26. The van der Waals surface area contributed by atoms with Gasteiger partial charge in [-0.2, -0.15) is 0 Å². The molecule has 1 aliphatic rings. The zero-order valence-electron chi connectivity index (χ0n) is 11.4. The minimum absolute atomic E-state index is 0.0972. The molecule has 1 rings (SSSR count). The summed E-state index contributed by atoms with van der Waals surface area (Å²) in [6.07, 6.45) is 3.68. The molecular formula is C12H22N4O4. The number of rotatable bonds is 8. The van der Waals surface area contributed by atoms with Crippen LogP contribution in [0.2, 0.25) is 0 Å². The van der Waals surface area contributed by atoms with E-state index in [2.05, 4.69) is 16.2 Å². The van der Waals surface area contributed by atoms with Crippen molar-refractivity contribution in [2.75, 3.05) is 6.54 Å². The van der Waals surface area contributed by atoms with Crippen LogP contribution in [0.25, 0.3) is 0 Å². The molecule has 0 unspecified atom stereocenters. The molecule has 0 aliphatic heterocycles. The summed E-state index contributed by atoms with van der Waals surface area (Å²) in [5.74, 6) is -0.537. The number of hydrazine groups is 1. The Morgan fingerprint density at radius 2 is 1.90 bits per heavy atom. The van der Waals surface area contributed by atoms with E-state index in [4.69, 9.17) is 10.8 Å². The molecule has 0 heterocycles. The molecule has 8 heteroatoms. The smallest absolute Gasteiger partial charge is 0.405 e. The van der Waals surface area contributed by atoms with Crippen LogP contribution in [0.4, 0.5) is 4.79 Å². The fourth-order valence-electron chi connectivity index (χ4n) is 2.38. The fraction of sp³-hybridized carbons (Fsp3) is 0.750. The summed E-state index contributed by atoms with van der Waals surface area (Å²) in [7, 11) is 0. The first-order valence-electron chi connectivity index (χ1n) is 6.79. The molecule has 20 heavy (non-hydrogen) atoms. The summed E-state index contributed by atoms with van der Waals surface area (Å²) in [5, 5.41) is 11.0. The van der Waals surface area contributed by atoms with E-state index in [1.54, 1.807) is 0 Å². The van der Waals surface area contributed by atoms with Crippen LogP contribution in [-0.4, -0.2) is 35.6 Å². The van der Waals surface area contributed by atoms with Gasteiger partial charge in [-0.15, -0.1) is 0 Å². The Hall–Kier alpha value is -1.83. The van der Waals surface area contributed by atoms with Crippen molar-refractivity contribution in [3.8, 4) is 0 Å². The number of carbonyl (C=O) groups excluding carboxylic acids is 2. The van der Waals surface area contributed by atoms with Gasteiger partial charge in [0.1, 0.15) is 6.04 Å². The predicted molar refractivity (Wildman–Crippen MR) is 71.5 cm³/mol. The SMILES string of the molecule is NC(=O)CCNNC(=O)[C@H](CC1CCCC1)NC(=O)O. The predicted octanol–water partition coefficient (Wildman–Crippen LogP) is -0.301. The van der Waals surface area contributed by atoms with Crippen molar-refractivity contribution in [1.29, 1.82) is 0 Å². The topological polar surface area (TPSA) is 134 Å². The van der Waals surface area contributed by atoms with Gasteiger partial charge in [0.15, 0.2) is 0 Å². The zero-order chi connectivity index (χ0) is 15.0. The molecule has 8 nitrogen and oxygen atoms in total. The second kappa shape index (κ2) is 8.36. The highest BCUT2D eigenvalue weighted by Crippen LogP contribution is 2.28. The van der Waals surface area contributed by atoms with Gasteiger partial charge in [-0.3, -0.25) is 15.0 Å². The fourth-order valence-corrected chi connectivity index (χ4v) is 2.38. The molecule has 0 aromatic heterocycles. The Morgan fingerprint density at radius 3 is 2.45 bits per heavy atom. The molecule has 114 valence electrons. The van der Waals surface area contributed by atoms with Gasteiger partial charge in [-0.25, -0.2) is 10.2 Å². The third-order valence-electron chi connectivity index (χ3n) is 3.37. The minimum Gasteiger partial charge on any atom is -0.465 e. The molecule has 1 aliphatic carbocycles. The van der Waals surface area contributed by atoms with Crippen LogP contribution in [0.5, 0.6) is 0 Å². The molecule has 0 aromatic carbocycles. The molecular weight excluding hydrogens is 264 g/mol. The van der Waals surface area contributed by atoms with E-state index in [1.807, 2.05) is 0 Å². The van der Waals surface area contributed by atoms with Gasteiger partial charge in [0.2, 0.25) is 5.91 Å². The largest absolute Gasteiger partial charge is 0.465 e. The van der Waals surface area contributed by atoms with Gasteiger partial charge in [-0.05, 0) is 12.3 Å². The molecule has 1 saturated carbocycles. The highest BCUT2D eigenvalue weighted by molar-refractivity contribution is 5.84. The average molecular weight is 286 g/mol. The number of hydrogen-bond donors (Lipinski definition) is 5. The van der Waals surface area contributed by atoms with Gasteiger partial charge >= 0.3 is 6.09 Å². The standard InChI is InChI=1S/C12H22N4O4/c13-10(17)5-6-14-16-11(18)9(15-12(19)20)7-8-3-1-2-4-8/h8-9,14-15H,1-7H2,(H2,13,17)(H,16,18)(H,19,20)/t9-/m0/s1. The molecule has 0 saturated heterocycles. The maximum Gasteiger partial charge on any atom is 0.405 e. The first kappa shape index (κ1) is 16.2. The van der Waals surface area contributed by atoms with E-state index >= 15 is 0 Å². The van der Waals surface area contributed by atoms with E-state index < -0.39 is 23.9 Å². The number of primary amides is 1. The lowest BCUT2D eigenvalue weighted by Gasteiger charge is -2.20. The summed E-state index contributed by atoms with van der Waals surface area (Å²) in [5.41, 5.74) is 9.92. The third-order valence-corrected chi connectivity index (χ3v) is 3.37. The summed E-state index contributed by atoms with van der Waals surface area (Å²) in [4.78, 5) is 33.2. The monoisotopic (exact) mass is 286 g/mol. The first-order chi connectivity index (χ1) is 9.49. The molecule has 0 bridgehead atoms. The lowest BCUT2D eigenvalue weighted by atomic mass is 9.98. The van der Waals surface area contributed by atoms with Gasteiger partial charge < -0.3 is 16.2 Å². The Bertz CT molecular complexity index is 355. The first-order valence-corrected chi connectivity index (χ1v) is 6.79. The van der Waals surface area contributed by atoms with Crippen molar-refractivity contribution in [2.24, 2.45) is 11.7 Å². The molecule has 3 amide bonds.